The zero-order valence-electron chi connectivity index (χ0n) is 7.05. The number of thioether (sulfide) groups is 1. The molecule has 0 heterocycles. The van der Waals surface area contributed by atoms with E-state index in [0.717, 1.165) is 24.3 Å². The predicted octanol–water partition coefficient (Wildman–Crippen LogP) is 1.90. The van der Waals surface area contributed by atoms with Gasteiger partial charge < -0.3 is 5.11 Å². The highest BCUT2D eigenvalue weighted by atomic mass is 32.2. The van der Waals surface area contributed by atoms with Gasteiger partial charge in [-0.15, -0.1) is 12.3 Å². The Bertz CT molecular complexity index is 117. The SMILES string of the molecule is C#CCCC(O)CCSCC. The van der Waals surface area contributed by atoms with Crippen LogP contribution in [0.3, 0.4) is 0 Å². The average Bonchev–Trinajstić information content (AvgIpc) is 2.01. The van der Waals surface area contributed by atoms with E-state index in [1.54, 1.807) is 0 Å². The van der Waals surface area contributed by atoms with Crippen molar-refractivity contribution in [2.75, 3.05) is 11.5 Å². The van der Waals surface area contributed by atoms with E-state index in [1.165, 1.54) is 0 Å². The van der Waals surface area contributed by atoms with Crippen LogP contribution in [0.2, 0.25) is 0 Å². The van der Waals surface area contributed by atoms with Crippen molar-refractivity contribution in [1.29, 1.82) is 0 Å². The monoisotopic (exact) mass is 172 g/mol. The molecule has 0 saturated carbocycles. The molecule has 0 saturated heterocycles. The Morgan fingerprint density at radius 3 is 2.82 bits per heavy atom. The number of rotatable bonds is 6. The van der Waals surface area contributed by atoms with Crippen molar-refractivity contribution in [1.82, 2.24) is 0 Å². The first kappa shape index (κ1) is 10.9. The maximum absolute atomic E-state index is 9.30. The summed E-state index contributed by atoms with van der Waals surface area (Å²) in [5.74, 6) is 4.69. The summed E-state index contributed by atoms with van der Waals surface area (Å²) in [6.07, 6.45) is 7.19. The van der Waals surface area contributed by atoms with Crippen molar-refractivity contribution < 1.29 is 5.11 Å². The molecule has 2 heteroatoms. The van der Waals surface area contributed by atoms with Crippen LogP contribution in [0.4, 0.5) is 0 Å². The summed E-state index contributed by atoms with van der Waals surface area (Å²) in [4.78, 5) is 0. The van der Waals surface area contributed by atoms with E-state index in [9.17, 15) is 5.11 Å². The molecule has 0 radical (unpaired) electrons. The number of aliphatic hydroxyl groups excluding tert-OH is 1. The molecule has 0 aliphatic rings. The third kappa shape index (κ3) is 7.77. The quantitative estimate of drug-likeness (QED) is 0.488. The molecule has 64 valence electrons. The highest BCUT2D eigenvalue weighted by Gasteiger charge is 2.01. The summed E-state index contributed by atoms with van der Waals surface area (Å²) in [5, 5.41) is 9.30. The van der Waals surface area contributed by atoms with Crippen molar-refractivity contribution in [3.63, 3.8) is 0 Å². The summed E-state index contributed by atoms with van der Waals surface area (Å²) in [7, 11) is 0. The molecule has 0 aromatic carbocycles. The van der Waals surface area contributed by atoms with Gasteiger partial charge in [0.2, 0.25) is 0 Å². The van der Waals surface area contributed by atoms with Crippen molar-refractivity contribution in [3.8, 4) is 12.3 Å². The van der Waals surface area contributed by atoms with Gasteiger partial charge >= 0.3 is 0 Å². The second kappa shape index (κ2) is 7.97. The van der Waals surface area contributed by atoms with Gasteiger partial charge in [-0.1, -0.05) is 6.92 Å². The molecule has 0 fully saturated rings. The summed E-state index contributed by atoms with van der Waals surface area (Å²) >= 11 is 1.86. The summed E-state index contributed by atoms with van der Waals surface area (Å²) in [5.41, 5.74) is 0. The van der Waals surface area contributed by atoms with E-state index in [0.29, 0.717) is 6.42 Å². The Hall–Kier alpha value is -0.130. The van der Waals surface area contributed by atoms with Crippen molar-refractivity contribution in [2.24, 2.45) is 0 Å². The number of terminal acetylenes is 1. The number of aliphatic hydroxyl groups is 1. The Morgan fingerprint density at radius 1 is 1.55 bits per heavy atom. The van der Waals surface area contributed by atoms with Gasteiger partial charge in [0, 0.05) is 6.42 Å². The molecule has 0 rings (SSSR count). The highest BCUT2D eigenvalue weighted by molar-refractivity contribution is 7.99. The maximum Gasteiger partial charge on any atom is 0.0557 e. The van der Waals surface area contributed by atoms with E-state index in [2.05, 4.69) is 12.8 Å². The molecule has 0 bridgehead atoms. The Kier molecular flexibility index (Phi) is 7.88. The van der Waals surface area contributed by atoms with E-state index in [-0.39, 0.29) is 6.10 Å². The minimum atomic E-state index is -0.190. The normalized spacial score (nSPS) is 12.5. The Morgan fingerprint density at radius 2 is 2.27 bits per heavy atom. The van der Waals surface area contributed by atoms with Gasteiger partial charge in [0.25, 0.3) is 0 Å². The lowest BCUT2D eigenvalue weighted by Gasteiger charge is -2.06. The lowest BCUT2D eigenvalue weighted by atomic mass is 10.1. The van der Waals surface area contributed by atoms with E-state index < -0.39 is 0 Å². The summed E-state index contributed by atoms with van der Waals surface area (Å²) < 4.78 is 0. The van der Waals surface area contributed by atoms with Crippen LogP contribution in [-0.2, 0) is 0 Å². The zero-order valence-corrected chi connectivity index (χ0v) is 7.86. The van der Waals surface area contributed by atoms with Crippen LogP contribution in [-0.4, -0.2) is 22.7 Å². The molecule has 0 aromatic rings. The molecule has 1 unspecified atom stereocenters. The molecule has 11 heavy (non-hydrogen) atoms. The van der Waals surface area contributed by atoms with Crippen LogP contribution < -0.4 is 0 Å². The molecule has 0 spiro atoms. The minimum Gasteiger partial charge on any atom is -0.393 e. The fourth-order valence-corrected chi connectivity index (χ4v) is 1.49. The highest BCUT2D eigenvalue weighted by Crippen LogP contribution is 2.07. The van der Waals surface area contributed by atoms with Crippen LogP contribution in [0.5, 0.6) is 0 Å². The summed E-state index contributed by atoms with van der Waals surface area (Å²) in [6, 6.07) is 0. The topological polar surface area (TPSA) is 20.2 Å². The van der Waals surface area contributed by atoms with Gasteiger partial charge in [-0.05, 0) is 24.3 Å². The fourth-order valence-electron chi connectivity index (χ4n) is 0.758. The predicted molar refractivity (Wildman–Crippen MR) is 51.7 cm³/mol. The van der Waals surface area contributed by atoms with Crippen LogP contribution in [0.1, 0.15) is 26.2 Å². The average molecular weight is 172 g/mol. The second-order valence-electron chi connectivity index (χ2n) is 2.38. The lowest BCUT2D eigenvalue weighted by Crippen LogP contribution is -2.06. The molecular weight excluding hydrogens is 156 g/mol. The van der Waals surface area contributed by atoms with Gasteiger partial charge in [0.05, 0.1) is 6.10 Å². The smallest absolute Gasteiger partial charge is 0.0557 e. The molecule has 0 aliphatic heterocycles. The van der Waals surface area contributed by atoms with Gasteiger partial charge in [-0.2, -0.15) is 11.8 Å². The van der Waals surface area contributed by atoms with Crippen molar-refractivity contribution in [2.45, 2.75) is 32.3 Å². The first-order valence-corrected chi connectivity index (χ1v) is 5.16. The molecule has 0 aliphatic carbocycles. The van der Waals surface area contributed by atoms with Crippen LogP contribution in [0.15, 0.2) is 0 Å². The first-order valence-electron chi connectivity index (χ1n) is 4.00. The van der Waals surface area contributed by atoms with Gasteiger partial charge in [0.1, 0.15) is 0 Å². The molecule has 0 aromatic heterocycles. The number of hydrogen-bond donors (Lipinski definition) is 1. The minimum absolute atomic E-state index is 0.190. The van der Waals surface area contributed by atoms with E-state index >= 15 is 0 Å². The first-order chi connectivity index (χ1) is 5.31. The molecule has 0 amide bonds. The van der Waals surface area contributed by atoms with Gasteiger partial charge in [0.15, 0.2) is 0 Å². The van der Waals surface area contributed by atoms with Crippen molar-refractivity contribution in [3.05, 3.63) is 0 Å². The van der Waals surface area contributed by atoms with Crippen LogP contribution >= 0.6 is 11.8 Å². The standard InChI is InChI=1S/C9H16OS/c1-3-5-6-9(10)7-8-11-4-2/h1,9-10H,4-8H2,2H3. The third-order valence-electron chi connectivity index (χ3n) is 1.42. The van der Waals surface area contributed by atoms with Crippen LogP contribution in [0.25, 0.3) is 0 Å². The molecule has 1 nitrogen and oxygen atoms in total. The largest absolute Gasteiger partial charge is 0.393 e. The van der Waals surface area contributed by atoms with E-state index in [1.807, 2.05) is 11.8 Å². The van der Waals surface area contributed by atoms with E-state index in [4.69, 9.17) is 6.42 Å². The maximum atomic E-state index is 9.30. The van der Waals surface area contributed by atoms with Gasteiger partial charge in [-0.3, -0.25) is 0 Å². The lowest BCUT2D eigenvalue weighted by molar-refractivity contribution is 0.163. The Labute approximate surface area is 73.6 Å². The second-order valence-corrected chi connectivity index (χ2v) is 3.78. The van der Waals surface area contributed by atoms with Crippen molar-refractivity contribution >= 4 is 11.8 Å². The van der Waals surface area contributed by atoms with Crippen LogP contribution in [0, 0.1) is 12.3 Å². The molecule has 1 atom stereocenters. The molecular formula is C9H16OS. The molecule has 1 N–H and O–H groups in total. The summed E-state index contributed by atoms with van der Waals surface area (Å²) in [6.45, 7) is 2.12. The third-order valence-corrected chi connectivity index (χ3v) is 2.35. The zero-order chi connectivity index (χ0) is 8.53. The van der Waals surface area contributed by atoms with Gasteiger partial charge in [-0.25, -0.2) is 0 Å². The Balaban J connectivity index is 3.10. The number of hydrogen-bond acceptors (Lipinski definition) is 2. The fraction of sp³-hybridized carbons (Fsp3) is 0.778.